The van der Waals surface area contributed by atoms with E-state index in [1.165, 1.54) is 11.1 Å². The first-order valence-electron chi connectivity index (χ1n) is 8.34. The van der Waals surface area contributed by atoms with Crippen molar-refractivity contribution in [1.82, 2.24) is 0 Å². The van der Waals surface area contributed by atoms with Crippen LogP contribution in [0.4, 0.5) is 0 Å². The van der Waals surface area contributed by atoms with E-state index in [0.29, 0.717) is 13.2 Å². The molecular formula is C22H22O2. The van der Waals surface area contributed by atoms with Crippen LogP contribution in [0.25, 0.3) is 0 Å². The molecule has 3 aromatic carbocycles. The third-order valence-electron chi connectivity index (χ3n) is 3.74. The molecule has 0 saturated carbocycles. The largest absolute Gasteiger partial charge is 0.493 e. The van der Waals surface area contributed by atoms with Gasteiger partial charge in [-0.15, -0.1) is 0 Å². The molecule has 122 valence electrons. The SMILES string of the molecule is c1ccc(Cc2ccc(OCCCOc3ccccc3)cc2)cc1. The summed E-state index contributed by atoms with van der Waals surface area (Å²) in [6, 6.07) is 28.7. The third-order valence-corrected chi connectivity index (χ3v) is 3.74. The molecule has 0 aliphatic rings. The Morgan fingerprint density at radius 2 is 1.00 bits per heavy atom. The van der Waals surface area contributed by atoms with Crippen molar-refractivity contribution in [2.45, 2.75) is 12.8 Å². The molecule has 0 aliphatic heterocycles. The van der Waals surface area contributed by atoms with E-state index < -0.39 is 0 Å². The van der Waals surface area contributed by atoms with E-state index in [1.54, 1.807) is 0 Å². The maximum absolute atomic E-state index is 5.77. The van der Waals surface area contributed by atoms with Gasteiger partial charge in [-0.3, -0.25) is 0 Å². The van der Waals surface area contributed by atoms with Gasteiger partial charge in [0.25, 0.3) is 0 Å². The number of rotatable bonds is 8. The average Bonchev–Trinajstić information content (AvgIpc) is 2.65. The summed E-state index contributed by atoms with van der Waals surface area (Å²) >= 11 is 0. The first-order chi connectivity index (χ1) is 11.9. The highest BCUT2D eigenvalue weighted by Crippen LogP contribution is 2.15. The summed E-state index contributed by atoms with van der Waals surface area (Å²) in [5.41, 5.74) is 2.62. The van der Waals surface area contributed by atoms with E-state index in [9.17, 15) is 0 Å². The average molecular weight is 318 g/mol. The van der Waals surface area contributed by atoms with Crippen molar-refractivity contribution in [3.8, 4) is 11.5 Å². The van der Waals surface area contributed by atoms with Gasteiger partial charge in [0.05, 0.1) is 13.2 Å². The molecule has 0 heterocycles. The second kappa shape index (κ2) is 8.78. The standard InChI is InChI=1S/C22H22O2/c1-3-8-19(9-4-1)18-20-12-14-22(15-13-20)24-17-7-16-23-21-10-5-2-6-11-21/h1-6,8-15H,7,16-18H2. The van der Waals surface area contributed by atoms with Gasteiger partial charge in [0, 0.05) is 6.42 Å². The summed E-state index contributed by atoms with van der Waals surface area (Å²) in [5.74, 6) is 1.81. The van der Waals surface area contributed by atoms with E-state index in [4.69, 9.17) is 9.47 Å². The number of hydrogen-bond donors (Lipinski definition) is 0. The molecule has 0 unspecified atom stereocenters. The first-order valence-corrected chi connectivity index (χ1v) is 8.34. The Balaban J connectivity index is 1.38. The molecular weight excluding hydrogens is 296 g/mol. The molecule has 0 aliphatic carbocycles. The zero-order valence-corrected chi connectivity index (χ0v) is 13.7. The Morgan fingerprint density at radius 3 is 1.62 bits per heavy atom. The fourth-order valence-corrected chi connectivity index (χ4v) is 2.49. The number of para-hydroxylation sites is 1. The van der Waals surface area contributed by atoms with Crippen molar-refractivity contribution in [1.29, 1.82) is 0 Å². The maximum atomic E-state index is 5.77. The molecule has 2 nitrogen and oxygen atoms in total. The highest BCUT2D eigenvalue weighted by Gasteiger charge is 1.98. The van der Waals surface area contributed by atoms with Crippen LogP contribution in [0.5, 0.6) is 11.5 Å². The Morgan fingerprint density at radius 1 is 0.500 bits per heavy atom. The molecule has 0 radical (unpaired) electrons. The minimum atomic E-state index is 0.658. The van der Waals surface area contributed by atoms with Crippen molar-refractivity contribution in [3.05, 3.63) is 96.1 Å². The minimum absolute atomic E-state index is 0.658. The minimum Gasteiger partial charge on any atom is -0.493 e. The van der Waals surface area contributed by atoms with Gasteiger partial charge in [-0.05, 0) is 41.8 Å². The van der Waals surface area contributed by atoms with Crippen molar-refractivity contribution < 1.29 is 9.47 Å². The quantitative estimate of drug-likeness (QED) is 0.536. The topological polar surface area (TPSA) is 18.5 Å². The zero-order chi connectivity index (χ0) is 16.5. The van der Waals surface area contributed by atoms with Gasteiger partial charge in [-0.25, -0.2) is 0 Å². The highest BCUT2D eigenvalue weighted by molar-refractivity contribution is 5.31. The summed E-state index contributed by atoms with van der Waals surface area (Å²) in [5, 5.41) is 0. The van der Waals surface area contributed by atoms with Gasteiger partial charge in [-0.1, -0.05) is 60.7 Å². The summed E-state index contributed by atoms with van der Waals surface area (Å²) < 4.78 is 11.4. The van der Waals surface area contributed by atoms with Gasteiger partial charge >= 0.3 is 0 Å². The summed E-state index contributed by atoms with van der Waals surface area (Å²) in [7, 11) is 0. The van der Waals surface area contributed by atoms with Crippen LogP contribution in [0.3, 0.4) is 0 Å². The van der Waals surface area contributed by atoms with E-state index in [-0.39, 0.29) is 0 Å². The Bertz CT molecular complexity index is 706. The lowest BCUT2D eigenvalue weighted by Gasteiger charge is -2.09. The molecule has 0 amide bonds. The number of hydrogen-bond acceptors (Lipinski definition) is 2. The fraction of sp³-hybridized carbons (Fsp3) is 0.182. The molecule has 0 aromatic heterocycles. The van der Waals surface area contributed by atoms with Gasteiger partial charge in [0.15, 0.2) is 0 Å². The van der Waals surface area contributed by atoms with Crippen LogP contribution in [0.1, 0.15) is 17.5 Å². The first kappa shape index (κ1) is 16.1. The number of ether oxygens (including phenoxy) is 2. The molecule has 0 spiro atoms. The lowest BCUT2D eigenvalue weighted by Crippen LogP contribution is -2.04. The van der Waals surface area contributed by atoms with Crippen molar-refractivity contribution >= 4 is 0 Å². The van der Waals surface area contributed by atoms with Crippen molar-refractivity contribution in [2.24, 2.45) is 0 Å². The Kier molecular flexibility index (Phi) is 5.90. The third kappa shape index (κ3) is 5.17. The van der Waals surface area contributed by atoms with Gasteiger partial charge < -0.3 is 9.47 Å². The molecule has 0 bridgehead atoms. The molecule has 0 fully saturated rings. The van der Waals surface area contributed by atoms with Crippen molar-refractivity contribution in [3.63, 3.8) is 0 Å². The monoisotopic (exact) mass is 318 g/mol. The summed E-state index contributed by atoms with van der Waals surface area (Å²) in [6.07, 6.45) is 1.81. The molecule has 3 aromatic rings. The smallest absolute Gasteiger partial charge is 0.119 e. The Labute approximate surface area is 143 Å². The van der Waals surface area contributed by atoms with Crippen LogP contribution in [0, 0.1) is 0 Å². The van der Waals surface area contributed by atoms with Crippen LogP contribution >= 0.6 is 0 Å². The normalized spacial score (nSPS) is 10.3. The summed E-state index contributed by atoms with van der Waals surface area (Å²) in [6.45, 7) is 1.32. The van der Waals surface area contributed by atoms with Crippen LogP contribution in [-0.4, -0.2) is 13.2 Å². The maximum Gasteiger partial charge on any atom is 0.119 e. The molecule has 24 heavy (non-hydrogen) atoms. The molecule has 0 atom stereocenters. The second-order valence-corrected chi connectivity index (χ2v) is 5.67. The molecule has 3 rings (SSSR count). The van der Waals surface area contributed by atoms with Crippen LogP contribution in [0.2, 0.25) is 0 Å². The highest BCUT2D eigenvalue weighted by atomic mass is 16.5. The lowest BCUT2D eigenvalue weighted by atomic mass is 10.1. The van der Waals surface area contributed by atoms with E-state index in [2.05, 4.69) is 36.4 Å². The molecule has 0 saturated heterocycles. The van der Waals surface area contributed by atoms with Crippen LogP contribution in [0.15, 0.2) is 84.9 Å². The van der Waals surface area contributed by atoms with E-state index in [1.807, 2.05) is 48.5 Å². The lowest BCUT2D eigenvalue weighted by molar-refractivity contribution is 0.247. The Hall–Kier alpha value is -2.74. The van der Waals surface area contributed by atoms with Crippen LogP contribution in [-0.2, 0) is 6.42 Å². The predicted octanol–water partition coefficient (Wildman–Crippen LogP) is 5.13. The zero-order valence-electron chi connectivity index (χ0n) is 13.7. The second-order valence-electron chi connectivity index (χ2n) is 5.67. The van der Waals surface area contributed by atoms with Crippen molar-refractivity contribution in [2.75, 3.05) is 13.2 Å². The number of benzene rings is 3. The van der Waals surface area contributed by atoms with Crippen LogP contribution < -0.4 is 9.47 Å². The van der Waals surface area contributed by atoms with Gasteiger partial charge in [0.2, 0.25) is 0 Å². The molecule has 0 N–H and O–H groups in total. The summed E-state index contributed by atoms with van der Waals surface area (Å²) in [4.78, 5) is 0. The predicted molar refractivity (Wildman–Crippen MR) is 97.7 cm³/mol. The molecule has 2 heteroatoms. The fourth-order valence-electron chi connectivity index (χ4n) is 2.49. The van der Waals surface area contributed by atoms with E-state index in [0.717, 1.165) is 24.3 Å². The van der Waals surface area contributed by atoms with Gasteiger partial charge in [0.1, 0.15) is 11.5 Å². The van der Waals surface area contributed by atoms with E-state index >= 15 is 0 Å². The van der Waals surface area contributed by atoms with Gasteiger partial charge in [-0.2, -0.15) is 0 Å².